The van der Waals surface area contributed by atoms with Gasteiger partial charge in [0.1, 0.15) is 5.54 Å². The minimum absolute atomic E-state index is 0.265. The number of para-hydroxylation sites is 1. The van der Waals surface area contributed by atoms with Gasteiger partial charge in [-0.1, -0.05) is 18.2 Å². The molecular weight excluding hydrogens is 240 g/mol. The minimum Gasteiger partial charge on any atom is -0.480 e. The predicted molar refractivity (Wildman–Crippen MR) is 76.5 cm³/mol. The topological polar surface area (TPSA) is 52.6 Å². The van der Waals surface area contributed by atoms with Crippen LogP contribution in [-0.4, -0.2) is 41.1 Å². The first-order valence-electron chi connectivity index (χ1n) is 6.72. The van der Waals surface area contributed by atoms with E-state index in [9.17, 15) is 9.90 Å². The predicted octanol–water partition coefficient (Wildman–Crippen LogP) is 2.34. The van der Waals surface area contributed by atoms with Crippen LogP contribution in [0, 0.1) is 6.92 Å². The Kier molecular flexibility index (Phi) is 3.80. The van der Waals surface area contributed by atoms with Crippen molar-refractivity contribution in [3.8, 4) is 0 Å². The van der Waals surface area contributed by atoms with Crippen molar-refractivity contribution in [2.24, 2.45) is 0 Å². The van der Waals surface area contributed by atoms with Crippen LogP contribution in [0.2, 0.25) is 0 Å². The van der Waals surface area contributed by atoms with Crippen LogP contribution in [0.3, 0.4) is 0 Å². The van der Waals surface area contributed by atoms with Crippen LogP contribution in [0.1, 0.15) is 25.3 Å². The van der Waals surface area contributed by atoms with Crippen LogP contribution in [0.25, 0.3) is 0 Å². The number of nitrogens with zero attached hydrogens (tertiary/aromatic N) is 1. The summed E-state index contributed by atoms with van der Waals surface area (Å²) in [5, 5.41) is 13.0. The molecule has 0 bridgehead atoms. The number of carboxylic acid groups (broad SMARTS) is 1. The quantitative estimate of drug-likeness (QED) is 0.878. The van der Waals surface area contributed by atoms with Gasteiger partial charge in [-0.15, -0.1) is 0 Å². The maximum Gasteiger partial charge on any atom is 0.329 e. The second kappa shape index (κ2) is 5.21. The van der Waals surface area contributed by atoms with Gasteiger partial charge in [-0.2, -0.15) is 0 Å². The number of hydrogen-bond acceptors (Lipinski definition) is 3. The Hall–Kier alpha value is -1.55. The summed E-state index contributed by atoms with van der Waals surface area (Å²) in [5.41, 5.74) is 1.15. The number of benzene rings is 1. The maximum absolute atomic E-state index is 11.8. The Bertz CT molecular complexity index is 475. The lowest BCUT2D eigenvalue weighted by molar-refractivity contribution is -0.144. The van der Waals surface area contributed by atoms with Crippen LogP contribution in [0.15, 0.2) is 24.3 Å². The number of aliphatic carboxylic acids is 1. The van der Waals surface area contributed by atoms with E-state index in [1.807, 2.05) is 38.2 Å². The highest BCUT2D eigenvalue weighted by atomic mass is 16.4. The Labute approximate surface area is 114 Å². The normalized spacial score (nSPS) is 28.1. The molecule has 1 aromatic carbocycles. The molecule has 1 aromatic rings. The fraction of sp³-hybridized carbons (Fsp3) is 0.533. The van der Waals surface area contributed by atoms with E-state index in [4.69, 9.17) is 0 Å². The average molecular weight is 262 g/mol. The zero-order valence-corrected chi connectivity index (χ0v) is 11.8. The molecule has 2 N–H and O–H groups in total. The first kappa shape index (κ1) is 13.9. The smallest absolute Gasteiger partial charge is 0.329 e. The van der Waals surface area contributed by atoms with Crippen LogP contribution in [-0.2, 0) is 4.79 Å². The van der Waals surface area contributed by atoms with Crippen LogP contribution >= 0.6 is 0 Å². The van der Waals surface area contributed by atoms with Gasteiger partial charge in [-0.25, -0.2) is 4.79 Å². The standard InChI is InChI=1S/C15H22N2O2/c1-11-6-4-5-7-13(11)16-15(14(18)19)8-9-17(3)12(2)10-15/h4-7,12,16H,8-10H2,1-3H3,(H,18,19). The lowest BCUT2D eigenvalue weighted by atomic mass is 9.83. The van der Waals surface area contributed by atoms with Crippen molar-refractivity contribution in [2.45, 2.75) is 38.3 Å². The molecule has 0 spiro atoms. The summed E-state index contributed by atoms with van der Waals surface area (Å²) in [4.78, 5) is 14.0. The number of piperidine rings is 1. The lowest BCUT2D eigenvalue weighted by Crippen LogP contribution is -2.56. The second-order valence-corrected chi connectivity index (χ2v) is 5.61. The number of carboxylic acids is 1. The van der Waals surface area contributed by atoms with E-state index >= 15 is 0 Å². The molecule has 4 nitrogen and oxygen atoms in total. The summed E-state index contributed by atoms with van der Waals surface area (Å²) in [7, 11) is 2.05. The summed E-state index contributed by atoms with van der Waals surface area (Å²) in [6, 6.07) is 8.11. The van der Waals surface area contributed by atoms with E-state index in [0.717, 1.165) is 17.8 Å². The summed E-state index contributed by atoms with van der Waals surface area (Å²) in [6.45, 7) is 4.87. The Morgan fingerprint density at radius 3 is 2.74 bits per heavy atom. The molecule has 2 rings (SSSR count). The van der Waals surface area contributed by atoms with Gasteiger partial charge in [0.05, 0.1) is 0 Å². The second-order valence-electron chi connectivity index (χ2n) is 5.61. The number of hydrogen-bond donors (Lipinski definition) is 2. The summed E-state index contributed by atoms with van der Waals surface area (Å²) in [5.74, 6) is -0.754. The van der Waals surface area contributed by atoms with Crippen molar-refractivity contribution < 1.29 is 9.90 Å². The largest absolute Gasteiger partial charge is 0.480 e. The van der Waals surface area contributed by atoms with E-state index in [2.05, 4.69) is 17.1 Å². The summed E-state index contributed by atoms with van der Waals surface area (Å²) in [6.07, 6.45) is 1.24. The summed E-state index contributed by atoms with van der Waals surface area (Å²) >= 11 is 0. The third-order valence-electron chi connectivity index (χ3n) is 4.22. The maximum atomic E-state index is 11.8. The number of anilines is 1. The molecule has 1 fully saturated rings. The first-order chi connectivity index (χ1) is 8.94. The molecule has 2 atom stereocenters. The van der Waals surface area contributed by atoms with Crippen molar-refractivity contribution in [1.29, 1.82) is 0 Å². The van der Waals surface area contributed by atoms with Crippen LogP contribution in [0.5, 0.6) is 0 Å². The van der Waals surface area contributed by atoms with E-state index in [1.165, 1.54) is 0 Å². The molecule has 2 unspecified atom stereocenters. The van der Waals surface area contributed by atoms with Crippen molar-refractivity contribution in [1.82, 2.24) is 4.90 Å². The van der Waals surface area contributed by atoms with Gasteiger partial charge >= 0.3 is 5.97 Å². The molecule has 0 aromatic heterocycles. The highest BCUT2D eigenvalue weighted by Crippen LogP contribution is 2.31. The third-order valence-corrected chi connectivity index (χ3v) is 4.22. The zero-order chi connectivity index (χ0) is 14.0. The van der Waals surface area contributed by atoms with Gasteiger partial charge in [0, 0.05) is 18.3 Å². The minimum atomic E-state index is -0.849. The van der Waals surface area contributed by atoms with Crippen molar-refractivity contribution >= 4 is 11.7 Å². The number of rotatable bonds is 3. The highest BCUT2D eigenvalue weighted by Gasteiger charge is 2.43. The third kappa shape index (κ3) is 2.73. The van der Waals surface area contributed by atoms with Gasteiger partial charge in [0.2, 0.25) is 0 Å². The van der Waals surface area contributed by atoms with E-state index in [0.29, 0.717) is 12.8 Å². The van der Waals surface area contributed by atoms with Crippen molar-refractivity contribution in [2.75, 3.05) is 18.9 Å². The zero-order valence-electron chi connectivity index (χ0n) is 11.8. The molecule has 1 aliphatic heterocycles. The molecule has 0 aliphatic carbocycles. The van der Waals surface area contributed by atoms with Gasteiger partial charge in [0.15, 0.2) is 0 Å². The van der Waals surface area contributed by atoms with E-state index in [-0.39, 0.29) is 6.04 Å². The molecule has 1 saturated heterocycles. The molecule has 104 valence electrons. The van der Waals surface area contributed by atoms with Crippen molar-refractivity contribution in [3.63, 3.8) is 0 Å². The Balaban J connectivity index is 2.26. The van der Waals surface area contributed by atoms with Gasteiger partial charge in [-0.3, -0.25) is 0 Å². The van der Waals surface area contributed by atoms with E-state index < -0.39 is 11.5 Å². The SMILES string of the molecule is Cc1ccccc1NC1(C(=O)O)CCN(C)C(C)C1. The monoisotopic (exact) mass is 262 g/mol. The highest BCUT2D eigenvalue weighted by molar-refractivity contribution is 5.83. The lowest BCUT2D eigenvalue weighted by Gasteiger charge is -2.42. The molecular formula is C15H22N2O2. The number of nitrogens with one attached hydrogen (secondary N) is 1. The van der Waals surface area contributed by atoms with Gasteiger partial charge in [0.25, 0.3) is 0 Å². The molecule has 0 radical (unpaired) electrons. The van der Waals surface area contributed by atoms with Gasteiger partial charge < -0.3 is 15.3 Å². The number of aryl methyl sites for hydroxylation is 1. The number of carbonyl (C=O) groups is 1. The van der Waals surface area contributed by atoms with E-state index in [1.54, 1.807) is 0 Å². The van der Waals surface area contributed by atoms with Crippen LogP contribution in [0.4, 0.5) is 5.69 Å². The Morgan fingerprint density at radius 1 is 1.47 bits per heavy atom. The molecule has 1 heterocycles. The molecule has 1 aliphatic rings. The molecule has 19 heavy (non-hydrogen) atoms. The molecule has 4 heteroatoms. The summed E-state index contributed by atoms with van der Waals surface area (Å²) < 4.78 is 0. The first-order valence-corrected chi connectivity index (χ1v) is 6.72. The fourth-order valence-corrected chi connectivity index (χ4v) is 2.68. The molecule has 0 saturated carbocycles. The number of likely N-dealkylation sites (tertiary alicyclic amines) is 1. The van der Waals surface area contributed by atoms with Crippen molar-refractivity contribution in [3.05, 3.63) is 29.8 Å². The fourth-order valence-electron chi connectivity index (χ4n) is 2.68. The van der Waals surface area contributed by atoms with Gasteiger partial charge in [-0.05, 0) is 45.4 Å². The van der Waals surface area contributed by atoms with Crippen LogP contribution < -0.4 is 5.32 Å². The average Bonchev–Trinajstić information content (AvgIpc) is 2.36. The molecule has 0 amide bonds. The Morgan fingerprint density at radius 2 is 2.16 bits per heavy atom.